The van der Waals surface area contributed by atoms with E-state index in [9.17, 15) is 15.0 Å². The zero-order valence-electron chi connectivity index (χ0n) is 16.1. The van der Waals surface area contributed by atoms with Crippen LogP contribution in [0.3, 0.4) is 0 Å². The lowest BCUT2D eigenvalue weighted by atomic mass is 9.49. The maximum absolute atomic E-state index is 12.2. The van der Waals surface area contributed by atoms with E-state index in [-0.39, 0.29) is 11.3 Å². The SMILES string of the molecule is C[C@@]1(C(=O)O)[C@@H](O)CC[C@]2(C)c3cc4c([nH]c5ccccc54)c(Br)c3CC[C@@H]12. The molecule has 2 aromatic carbocycles. The number of aliphatic carboxylic acids is 1. The molecule has 4 atom stereocenters. The molecule has 4 nitrogen and oxygen atoms in total. The molecule has 0 aliphatic heterocycles. The topological polar surface area (TPSA) is 73.3 Å². The van der Waals surface area contributed by atoms with Crippen molar-refractivity contribution in [2.24, 2.45) is 11.3 Å². The molecule has 28 heavy (non-hydrogen) atoms. The number of aromatic nitrogens is 1. The summed E-state index contributed by atoms with van der Waals surface area (Å²) in [5.41, 5.74) is 3.35. The van der Waals surface area contributed by atoms with Gasteiger partial charge in [-0.2, -0.15) is 0 Å². The Hall–Kier alpha value is -1.85. The van der Waals surface area contributed by atoms with Gasteiger partial charge in [0, 0.05) is 20.8 Å². The maximum atomic E-state index is 12.2. The van der Waals surface area contributed by atoms with Crippen molar-refractivity contribution in [3.05, 3.63) is 45.9 Å². The van der Waals surface area contributed by atoms with Crippen LogP contribution in [0.25, 0.3) is 21.8 Å². The van der Waals surface area contributed by atoms with Gasteiger partial charge in [0.15, 0.2) is 0 Å². The molecule has 1 saturated carbocycles. The molecule has 0 spiro atoms. The van der Waals surface area contributed by atoms with Crippen molar-refractivity contribution in [3.63, 3.8) is 0 Å². The zero-order chi connectivity index (χ0) is 19.8. The number of hydrogen-bond donors (Lipinski definition) is 3. The van der Waals surface area contributed by atoms with Crippen molar-refractivity contribution in [2.75, 3.05) is 0 Å². The molecule has 5 rings (SSSR count). The lowest BCUT2D eigenvalue weighted by molar-refractivity contribution is -0.171. The third-order valence-electron chi connectivity index (χ3n) is 7.73. The Bertz CT molecular complexity index is 1140. The van der Waals surface area contributed by atoms with Crippen LogP contribution >= 0.6 is 15.9 Å². The Morgan fingerprint density at radius 3 is 2.71 bits per heavy atom. The Morgan fingerprint density at radius 1 is 1.21 bits per heavy atom. The van der Waals surface area contributed by atoms with Crippen LogP contribution in [0.5, 0.6) is 0 Å². The van der Waals surface area contributed by atoms with Gasteiger partial charge in [-0.25, -0.2) is 0 Å². The number of carboxylic acid groups (broad SMARTS) is 1. The molecule has 0 radical (unpaired) electrons. The number of halogens is 1. The number of carbonyl (C=O) groups is 1. The lowest BCUT2D eigenvalue weighted by Crippen LogP contribution is -2.58. The third-order valence-corrected chi connectivity index (χ3v) is 8.60. The number of nitrogens with one attached hydrogen (secondary N) is 1. The van der Waals surface area contributed by atoms with E-state index in [2.05, 4.69) is 46.0 Å². The Morgan fingerprint density at radius 2 is 1.96 bits per heavy atom. The van der Waals surface area contributed by atoms with Gasteiger partial charge in [-0.05, 0) is 83.1 Å². The van der Waals surface area contributed by atoms with Crippen LogP contribution in [0.2, 0.25) is 0 Å². The molecule has 0 bridgehead atoms. The minimum absolute atomic E-state index is 0.0942. The van der Waals surface area contributed by atoms with Gasteiger partial charge in [-0.1, -0.05) is 25.1 Å². The van der Waals surface area contributed by atoms with Crippen molar-refractivity contribution < 1.29 is 15.0 Å². The summed E-state index contributed by atoms with van der Waals surface area (Å²) in [6, 6.07) is 10.6. The average Bonchev–Trinajstić information content (AvgIpc) is 3.05. The first kappa shape index (κ1) is 18.2. The molecular weight excluding hydrogens is 418 g/mol. The average molecular weight is 442 g/mol. The van der Waals surface area contributed by atoms with Crippen molar-refractivity contribution in [2.45, 2.75) is 51.0 Å². The van der Waals surface area contributed by atoms with E-state index in [0.717, 1.165) is 34.8 Å². The number of aromatic amines is 1. The molecule has 146 valence electrons. The van der Waals surface area contributed by atoms with Crippen molar-refractivity contribution >= 4 is 43.7 Å². The molecule has 2 aliphatic rings. The quantitative estimate of drug-likeness (QED) is 0.488. The van der Waals surface area contributed by atoms with E-state index in [0.29, 0.717) is 6.42 Å². The highest BCUT2D eigenvalue weighted by Gasteiger charge is 2.59. The van der Waals surface area contributed by atoms with Gasteiger partial charge in [0.25, 0.3) is 0 Å². The van der Waals surface area contributed by atoms with Crippen LogP contribution in [0.4, 0.5) is 0 Å². The van der Waals surface area contributed by atoms with Crippen molar-refractivity contribution in [1.29, 1.82) is 0 Å². The molecule has 2 aliphatic carbocycles. The van der Waals surface area contributed by atoms with Crippen LogP contribution in [0.1, 0.15) is 44.2 Å². The summed E-state index contributed by atoms with van der Waals surface area (Å²) in [6.45, 7) is 3.95. The summed E-state index contributed by atoms with van der Waals surface area (Å²) in [6.07, 6.45) is 2.10. The molecule has 1 heterocycles. The van der Waals surface area contributed by atoms with Gasteiger partial charge < -0.3 is 15.2 Å². The van der Waals surface area contributed by atoms with Crippen LogP contribution in [0, 0.1) is 11.3 Å². The highest BCUT2D eigenvalue weighted by atomic mass is 79.9. The van der Waals surface area contributed by atoms with Gasteiger partial charge in [-0.15, -0.1) is 0 Å². The number of aliphatic hydroxyl groups is 1. The second-order valence-corrected chi connectivity index (χ2v) is 9.75. The smallest absolute Gasteiger partial charge is 0.312 e. The molecule has 0 amide bonds. The Kier molecular flexibility index (Phi) is 3.79. The molecule has 1 fully saturated rings. The molecule has 3 N–H and O–H groups in total. The van der Waals surface area contributed by atoms with Crippen LogP contribution in [0.15, 0.2) is 34.8 Å². The first-order valence-electron chi connectivity index (χ1n) is 9.92. The number of benzene rings is 2. The molecule has 5 heteroatoms. The van der Waals surface area contributed by atoms with Crippen molar-refractivity contribution in [1.82, 2.24) is 4.98 Å². The molecule has 3 aromatic rings. The summed E-state index contributed by atoms with van der Waals surface area (Å²) in [5, 5.41) is 23.0. The zero-order valence-corrected chi connectivity index (χ0v) is 17.6. The van der Waals surface area contributed by atoms with E-state index in [1.54, 1.807) is 6.92 Å². The van der Waals surface area contributed by atoms with Gasteiger partial charge in [-0.3, -0.25) is 4.79 Å². The lowest BCUT2D eigenvalue weighted by Gasteiger charge is -2.55. The maximum Gasteiger partial charge on any atom is 0.312 e. The van der Waals surface area contributed by atoms with E-state index in [1.165, 1.54) is 21.9 Å². The fraction of sp³-hybridized carbons (Fsp3) is 0.435. The standard InChI is InChI=1S/C23H24BrNO3/c1-22-10-9-18(26)23(2,21(27)28)17(22)8-7-13-15(22)11-14-12-5-3-4-6-16(12)25-20(14)19(13)24/h3-6,11,17-18,25-26H,7-10H2,1-2H3,(H,27,28)/t17-,18+,22-,23+/m1/s1. The number of aliphatic hydroxyl groups excluding tert-OH is 1. The monoisotopic (exact) mass is 441 g/mol. The minimum Gasteiger partial charge on any atom is -0.481 e. The second-order valence-electron chi connectivity index (χ2n) is 8.96. The number of para-hydroxylation sites is 1. The summed E-state index contributed by atoms with van der Waals surface area (Å²) in [7, 11) is 0. The van der Waals surface area contributed by atoms with E-state index < -0.39 is 17.5 Å². The normalized spacial score (nSPS) is 32.3. The fourth-order valence-electron chi connectivity index (χ4n) is 6.07. The molecular formula is C23H24BrNO3. The van der Waals surface area contributed by atoms with E-state index in [4.69, 9.17) is 0 Å². The van der Waals surface area contributed by atoms with Gasteiger partial charge in [0.2, 0.25) is 0 Å². The summed E-state index contributed by atoms with van der Waals surface area (Å²) in [5.74, 6) is -0.977. The van der Waals surface area contributed by atoms with Gasteiger partial charge >= 0.3 is 5.97 Å². The first-order valence-corrected chi connectivity index (χ1v) is 10.7. The third kappa shape index (κ3) is 2.12. The summed E-state index contributed by atoms with van der Waals surface area (Å²) in [4.78, 5) is 15.8. The predicted molar refractivity (Wildman–Crippen MR) is 114 cm³/mol. The molecule has 0 saturated heterocycles. The fourth-order valence-corrected chi connectivity index (χ4v) is 6.79. The minimum atomic E-state index is -1.12. The number of fused-ring (bicyclic) bond motifs is 6. The molecule has 0 unspecified atom stereocenters. The number of rotatable bonds is 1. The molecule has 1 aromatic heterocycles. The first-order chi connectivity index (χ1) is 13.3. The highest BCUT2D eigenvalue weighted by molar-refractivity contribution is 9.10. The van der Waals surface area contributed by atoms with Crippen molar-refractivity contribution in [3.8, 4) is 0 Å². The van der Waals surface area contributed by atoms with Crippen LogP contribution < -0.4 is 0 Å². The largest absolute Gasteiger partial charge is 0.481 e. The van der Waals surface area contributed by atoms with Gasteiger partial charge in [0.05, 0.1) is 17.0 Å². The van der Waals surface area contributed by atoms with Crippen LogP contribution in [-0.4, -0.2) is 27.3 Å². The highest BCUT2D eigenvalue weighted by Crippen LogP contribution is 2.58. The van der Waals surface area contributed by atoms with E-state index >= 15 is 0 Å². The summed E-state index contributed by atoms with van der Waals surface area (Å²) < 4.78 is 1.10. The number of hydrogen-bond acceptors (Lipinski definition) is 2. The summed E-state index contributed by atoms with van der Waals surface area (Å²) >= 11 is 3.86. The van der Waals surface area contributed by atoms with E-state index in [1.807, 2.05) is 12.1 Å². The van der Waals surface area contributed by atoms with Gasteiger partial charge in [0.1, 0.15) is 0 Å². The number of H-pyrrole nitrogens is 1. The predicted octanol–water partition coefficient (Wildman–Crippen LogP) is 5.15. The van der Waals surface area contributed by atoms with Crippen LogP contribution in [-0.2, 0) is 16.6 Å². The second kappa shape index (κ2) is 5.83. The number of carboxylic acids is 1. The Labute approximate surface area is 172 Å². The Balaban J connectivity index is 1.79.